The van der Waals surface area contributed by atoms with Crippen molar-refractivity contribution in [1.29, 1.82) is 0 Å². The third kappa shape index (κ3) is 4.96. The lowest BCUT2D eigenvalue weighted by atomic mass is 10.1. The Morgan fingerprint density at radius 2 is 1.87 bits per heavy atom. The molecule has 0 aliphatic rings. The van der Waals surface area contributed by atoms with Gasteiger partial charge in [-0.2, -0.15) is 0 Å². The van der Waals surface area contributed by atoms with Crippen LogP contribution in [0.1, 0.15) is 31.4 Å². The summed E-state index contributed by atoms with van der Waals surface area (Å²) in [5, 5.41) is 0. The molecule has 2 aromatic rings. The lowest BCUT2D eigenvalue weighted by Crippen LogP contribution is -2.01. The van der Waals surface area contributed by atoms with Crippen molar-refractivity contribution in [3.8, 4) is 11.5 Å². The summed E-state index contributed by atoms with van der Waals surface area (Å²) in [5.41, 5.74) is 3.26. The van der Waals surface area contributed by atoms with E-state index in [1.165, 1.54) is 5.56 Å². The van der Waals surface area contributed by atoms with Crippen LogP contribution >= 0.6 is 22.6 Å². The summed E-state index contributed by atoms with van der Waals surface area (Å²) in [7, 11) is 1.66. The molecule has 0 aliphatic heterocycles. The molecule has 4 heteroatoms. The van der Waals surface area contributed by atoms with Crippen molar-refractivity contribution in [1.82, 2.24) is 0 Å². The second-order valence-electron chi connectivity index (χ2n) is 5.16. The Morgan fingerprint density at radius 1 is 1.13 bits per heavy atom. The lowest BCUT2D eigenvalue weighted by molar-refractivity contribution is 0.292. The minimum absolute atomic E-state index is 0.684. The number of rotatable bonds is 7. The molecule has 0 heterocycles. The number of benzene rings is 2. The van der Waals surface area contributed by atoms with Crippen LogP contribution in [0, 0.1) is 3.57 Å². The molecule has 0 radical (unpaired) electrons. The summed E-state index contributed by atoms with van der Waals surface area (Å²) in [5.74, 6) is 1.55. The molecular weight excluding hydrogens is 401 g/mol. The van der Waals surface area contributed by atoms with Gasteiger partial charge in [-0.1, -0.05) is 26.0 Å². The fraction of sp³-hybridized carbons (Fsp3) is 0.316. The molecule has 0 saturated heterocycles. The number of hydrogen-bond donors (Lipinski definition) is 0. The standard InChI is InChI=1S/C19H22INO2/c1-4-10-23-19-17(20)11-15(12-18(19)22-3)13-21-16-8-6-14(5-2)7-9-16/h6-9,11-13H,4-5,10H2,1-3H3. The molecule has 0 N–H and O–H groups in total. The summed E-state index contributed by atoms with van der Waals surface area (Å²) < 4.78 is 12.3. The summed E-state index contributed by atoms with van der Waals surface area (Å²) in [6.45, 7) is 4.92. The van der Waals surface area contributed by atoms with Gasteiger partial charge >= 0.3 is 0 Å². The number of nitrogens with zero attached hydrogens (tertiary/aromatic N) is 1. The highest BCUT2D eigenvalue weighted by Crippen LogP contribution is 2.33. The third-order valence-corrected chi connectivity index (χ3v) is 4.21. The summed E-state index contributed by atoms with van der Waals surface area (Å²) in [6, 6.07) is 12.3. The minimum atomic E-state index is 0.684. The van der Waals surface area contributed by atoms with Crippen molar-refractivity contribution >= 4 is 34.5 Å². The lowest BCUT2D eigenvalue weighted by Gasteiger charge is -2.12. The van der Waals surface area contributed by atoms with Crippen molar-refractivity contribution in [2.24, 2.45) is 4.99 Å². The molecule has 0 unspecified atom stereocenters. The van der Waals surface area contributed by atoms with Gasteiger partial charge in [0.05, 0.1) is 23.0 Å². The zero-order valence-corrected chi connectivity index (χ0v) is 16.0. The van der Waals surface area contributed by atoms with Gasteiger partial charge in [-0.25, -0.2) is 0 Å². The number of methoxy groups -OCH3 is 1. The van der Waals surface area contributed by atoms with Gasteiger partial charge in [-0.15, -0.1) is 0 Å². The first-order valence-corrected chi connectivity index (χ1v) is 8.89. The highest BCUT2D eigenvalue weighted by molar-refractivity contribution is 14.1. The Hall–Kier alpha value is -1.56. The average Bonchev–Trinajstić information content (AvgIpc) is 2.59. The predicted molar refractivity (Wildman–Crippen MR) is 105 cm³/mol. The molecule has 0 spiro atoms. The smallest absolute Gasteiger partial charge is 0.174 e. The van der Waals surface area contributed by atoms with Gasteiger partial charge in [-0.05, 0) is 70.8 Å². The van der Waals surface area contributed by atoms with Gasteiger partial charge in [0.2, 0.25) is 0 Å². The number of hydrogen-bond acceptors (Lipinski definition) is 3. The monoisotopic (exact) mass is 423 g/mol. The predicted octanol–water partition coefficient (Wildman–Crippen LogP) is 5.40. The number of aryl methyl sites for hydroxylation is 1. The molecule has 122 valence electrons. The summed E-state index contributed by atoms with van der Waals surface area (Å²) in [4.78, 5) is 4.54. The number of ether oxygens (including phenoxy) is 2. The number of halogens is 1. The normalized spacial score (nSPS) is 11.0. The molecule has 0 saturated carbocycles. The molecule has 23 heavy (non-hydrogen) atoms. The van der Waals surface area contributed by atoms with E-state index in [2.05, 4.69) is 59.6 Å². The summed E-state index contributed by atoms with van der Waals surface area (Å²) in [6.07, 6.45) is 3.87. The van der Waals surface area contributed by atoms with Crippen molar-refractivity contribution in [2.45, 2.75) is 26.7 Å². The first-order valence-electron chi connectivity index (χ1n) is 7.81. The van der Waals surface area contributed by atoms with Crippen molar-refractivity contribution in [2.75, 3.05) is 13.7 Å². The van der Waals surface area contributed by atoms with Crippen LogP contribution in [-0.4, -0.2) is 19.9 Å². The molecule has 3 nitrogen and oxygen atoms in total. The Labute approximate surface area is 151 Å². The van der Waals surface area contributed by atoms with Crippen LogP contribution < -0.4 is 9.47 Å². The number of aliphatic imine (C=N–C) groups is 1. The largest absolute Gasteiger partial charge is 0.493 e. The van der Waals surface area contributed by atoms with E-state index < -0.39 is 0 Å². The molecule has 0 aromatic heterocycles. The van der Waals surface area contributed by atoms with E-state index in [9.17, 15) is 0 Å². The topological polar surface area (TPSA) is 30.8 Å². The minimum Gasteiger partial charge on any atom is -0.493 e. The van der Waals surface area contributed by atoms with Crippen LogP contribution in [0.15, 0.2) is 41.4 Å². The fourth-order valence-corrected chi connectivity index (χ4v) is 2.91. The molecular formula is C19H22INO2. The molecule has 0 amide bonds. The first kappa shape index (κ1) is 17.8. The van der Waals surface area contributed by atoms with E-state index in [1.807, 2.05) is 24.4 Å². The highest BCUT2D eigenvalue weighted by atomic mass is 127. The maximum absolute atomic E-state index is 5.77. The Bertz CT molecular complexity index is 666. The molecule has 0 aliphatic carbocycles. The van der Waals surface area contributed by atoms with Crippen LogP contribution in [0.25, 0.3) is 0 Å². The van der Waals surface area contributed by atoms with Crippen molar-refractivity contribution < 1.29 is 9.47 Å². The fourth-order valence-electron chi connectivity index (χ4n) is 2.13. The molecule has 2 rings (SSSR count). The van der Waals surface area contributed by atoms with Crippen LogP contribution in [0.3, 0.4) is 0 Å². The maximum Gasteiger partial charge on any atom is 0.174 e. The van der Waals surface area contributed by atoms with E-state index in [0.717, 1.165) is 39.2 Å². The molecule has 0 bridgehead atoms. The van der Waals surface area contributed by atoms with Gasteiger partial charge in [-0.3, -0.25) is 4.99 Å². The Morgan fingerprint density at radius 3 is 2.48 bits per heavy atom. The third-order valence-electron chi connectivity index (χ3n) is 3.41. The van der Waals surface area contributed by atoms with Gasteiger partial charge in [0.25, 0.3) is 0 Å². The van der Waals surface area contributed by atoms with E-state index >= 15 is 0 Å². The van der Waals surface area contributed by atoms with E-state index in [0.29, 0.717) is 6.61 Å². The van der Waals surface area contributed by atoms with Crippen LogP contribution in [0.2, 0.25) is 0 Å². The van der Waals surface area contributed by atoms with E-state index in [4.69, 9.17) is 9.47 Å². The van der Waals surface area contributed by atoms with Crippen molar-refractivity contribution in [3.63, 3.8) is 0 Å². The maximum atomic E-state index is 5.77. The zero-order valence-electron chi connectivity index (χ0n) is 13.8. The highest BCUT2D eigenvalue weighted by Gasteiger charge is 2.10. The van der Waals surface area contributed by atoms with Crippen LogP contribution in [0.5, 0.6) is 11.5 Å². The molecule has 0 fully saturated rings. The quantitative estimate of drug-likeness (QED) is 0.441. The SMILES string of the molecule is CCCOc1c(I)cc(C=Nc2ccc(CC)cc2)cc1OC. The van der Waals surface area contributed by atoms with Crippen LogP contribution in [0.4, 0.5) is 5.69 Å². The first-order chi connectivity index (χ1) is 11.2. The van der Waals surface area contributed by atoms with E-state index in [1.54, 1.807) is 7.11 Å². The Balaban J connectivity index is 2.21. The van der Waals surface area contributed by atoms with Gasteiger partial charge in [0.15, 0.2) is 11.5 Å². The van der Waals surface area contributed by atoms with Gasteiger partial charge in [0.1, 0.15) is 0 Å². The summed E-state index contributed by atoms with van der Waals surface area (Å²) >= 11 is 2.27. The average molecular weight is 423 g/mol. The molecule has 0 atom stereocenters. The van der Waals surface area contributed by atoms with Crippen molar-refractivity contribution in [3.05, 3.63) is 51.1 Å². The van der Waals surface area contributed by atoms with Crippen LogP contribution in [-0.2, 0) is 6.42 Å². The van der Waals surface area contributed by atoms with Gasteiger partial charge < -0.3 is 9.47 Å². The van der Waals surface area contributed by atoms with E-state index in [-0.39, 0.29) is 0 Å². The zero-order chi connectivity index (χ0) is 16.7. The second-order valence-corrected chi connectivity index (χ2v) is 6.32. The Kier molecular flexibility index (Phi) is 6.89. The second kappa shape index (κ2) is 8.91. The van der Waals surface area contributed by atoms with Gasteiger partial charge in [0, 0.05) is 6.21 Å². The molecule has 2 aromatic carbocycles.